The lowest BCUT2D eigenvalue weighted by Gasteiger charge is -2.37. The van der Waals surface area contributed by atoms with E-state index < -0.39 is 0 Å². The van der Waals surface area contributed by atoms with Crippen molar-refractivity contribution in [3.63, 3.8) is 0 Å². The second-order valence-electron chi connectivity index (χ2n) is 4.76. The van der Waals surface area contributed by atoms with Gasteiger partial charge in [0, 0.05) is 29.9 Å². The average molecular weight is 211 g/mol. The number of hydrogen-bond donors (Lipinski definition) is 1. The van der Waals surface area contributed by atoms with Gasteiger partial charge >= 0.3 is 0 Å². The van der Waals surface area contributed by atoms with Gasteiger partial charge in [-0.15, -0.1) is 11.3 Å². The summed E-state index contributed by atoms with van der Waals surface area (Å²) < 4.78 is 0. The first-order chi connectivity index (χ1) is 6.47. The molecule has 1 aliphatic heterocycles. The van der Waals surface area contributed by atoms with Gasteiger partial charge in [-0.05, 0) is 20.8 Å². The lowest BCUT2D eigenvalue weighted by Crippen LogP contribution is -2.43. The van der Waals surface area contributed by atoms with Crippen LogP contribution in [0.4, 0.5) is 5.13 Å². The monoisotopic (exact) mass is 211 g/mol. The van der Waals surface area contributed by atoms with Crippen LogP contribution in [0.25, 0.3) is 0 Å². The summed E-state index contributed by atoms with van der Waals surface area (Å²) in [4.78, 5) is 8.17. The first kappa shape index (κ1) is 9.93. The number of rotatable bonds is 0. The van der Waals surface area contributed by atoms with Crippen LogP contribution in [0.2, 0.25) is 0 Å². The van der Waals surface area contributed by atoms with Crippen molar-refractivity contribution < 1.29 is 0 Å². The van der Waals surface area contributed by atoms with Gasteiger partial charge in [0.05, 0.1) is 5.69 Å². The van der Waals surface area contributed by atoms with Crippen LogP contribution in [0.1, 0.15) is 31.3 Å². The zero-order valence-electron chi connectivity index (χ0n) is 9.00. The minimum Gasteiger partial charge on any atom is -0.375 e. The van der Waals surface area contributed by atoms with Gasteiger partial charge in [0.25, 0.3) is 0 Å². The van der Waals surface area contributed by atoms with Crippen LogP contribution in [0, 0.1) is 0 Å². The highest BCUT2D eigenvalue weighted by atomic mass is 32.1. The van der Waals surface area contributed by atoms with E-state index in [1.54, 1.807) is 11.3 Å². The maximum atomic E-state index is 5.70. The van der Waals surface area contributed by atoms with Crippen LogP contribution >= 0.6 is 11.3 Å². The molecular formula is C10H17N3S. The summed E-state index contributed by atoms with van der Waals surface area (Å²) >= 11 is 1.64. The van der Waals surface area contributed by atoms with Crippen molar-refractivity contribution >= 4 is 16.5 Å². The topological polar surface area (TPSA) is 42.2 Å². The second kappa shape index (κ2) is 3.21. The predicted molar refractivity (Wildman–Crippen MR) is 60.4 cm³/mol. The Bertz CT molecular complexity index is 338. The number of nitrogen functional groups attached to an aromatic ring is 1. The van der Waals surface area contributed by atoms with Gasteiger partial charge in [-0.2, -0.15) is 0 Å². The van der Waals surface area contributed by atoms with Crippen molar-refractivity contribution in [2.24, 2.45) is 0 Å². The molecule has 0 saturated carbocycles. The quantitative estimate of drug-likeness (QED) is 0.712. The molecule has 2 rings (SSSR count). The van der Waals surface area contributed by atoms with Crippen LogP contribution in [-0.4, -0.2) is 22.0 Å². The van der Waals surface area contributed by atoms with Crippen molar-refractivity contribution in [1.82, 2.24) is 9.88 Å². The third-order valence-electron chi connectivity index (χ3n) is 2.70. The molecule has 4 heteroatoms. The van der Waals surface area contributed by atoms with E-state index in [0.717, 1.165) is 19.5 Å². The SMILES string of the molecule is CC(C)(C)N1CCc2nc(N)sc2C1. The van der Waals surface area contributed by atoms with Crippen molar-refractivity contribution in [2.45, 2.75) is 39.3 Å². The molecule has 3 nitrogen and oxygen atoms in total. The summed E-state index contributed by atoms with van der Waals surface area (Å²) in [6.07, 6.45) is 1.04. The molecule has 14 heavy (non-hydrogen) atoms. The van der Waals surface area contributed by atoms with Crippen LogP contribution in [0.3, 0.4) is 0 Å². The molecule has 2 N–H and O–H groups in total. The van der Waals surface area contributed by atoms with Gasteiger partial charge < -0.3 is 5.73 Å². The Morgan fingerprint density at radius 1 is 1.43 bits per heavy atom. The van der Waals surface area contributed by atoms with Crippen molar-refractivity contribution in [1.29, 1.82) is 0 Å². The third-order valence-corrected chi connectivity index (χ3v) is 3.61. The molecule has 2 heterocycles. The molecule has 78 valence electrons. The Hall–Kier alpha value is -0.610. The molecule has 0 unspecified atom stereocenters. The largest absolute Gasteiger partial charge is 0.375 e. The summed E-state index contributed by atoms with van der Waals surface area (Å²) in [6.45, 7) is 8.86. The van der Waals surface area contributed by atoms with Crippen LogP contribution in [0.5, 0.6) is 0 Å². The van der Waals surface area contributed by atoms with E-state index in [1.807, 2.05) is 0 Å². The standard InChI is InChI=1S/C10H17N3S/c1-10(2,3)13-5-4-7-8(6-13)14-9(11)12-7/h4-6H2,1-3H3,(H2,11,12). The van der Waals surface area contributed by atoms with E-state index in [4.69, 9.17) is 5.73 Å². The Kier molecular flexibility index (Phi) is 2.27. The van der Waals surface area contributed by atoms with Crippen molar-refractivity contribution in [2.75, 3.05) is 12.3 Å². The fourth-order valence-electron chi connectivity index (χ4n) is 1.79. The fourth-order valence-corrected chi connectivity index (χ4v) is 2.68. The fraction of sp³-hybridized carbons (Fsp3) is 0.700. The molecule has 1 aromatic rings. The molecule has 0 atom stereocenters. The Labute approximate surface area is 88.9 Å². The summed E-state index contributed by atoms with van der Waals surface area (Å²) in [6, 6.07) is 0. The Balaban J connectivity index is 2.21. The smallest absolute Gasteiger partial charge is 0.180 e. The van der Waals surface area contributed by atoms with Gasteiger partial charge in [0.15, 0.2) is 5.13 Å². The first-order valence-corrected chi connectivity index (χ1v) is 5.77. The number of aromatic nitrogens is 1. The highest BCUT2D eigenvalue weighted by molar-refractivity contribution is 7.15. The lowest BCUT2D eigenvalue weighted by atomic mass is 10.0. The predicted octanol–water partition coefficient (Wildman–Crippen LogP) is 1.88. The Morgan fingerprint density at radius 3 is 2.79 bits per heavy atom. The van der Waals surface area contributed by atoms with E-state index in [-0.39, 0.29) is 5.54 Å². The molecule has 1 aliphatic rings. The molecule has 0 aliphatic carbocycles. The van der Waals surface area contributed by atoms with Gasteiger partial charge in [-0.1, -0.05) is 0 Å². The number of anilines is 1. The van der Waals surface area contributed by atoms with E-state index in [2.05, 4.69) is 30.7 Å². The maximum absolute atomic E-state index is 5.70. The molecule has 1 aromatic heterocycles. The summed E-state index contributed by atoms with van der Waals surface area (Å²) in [5, 5.41) is 0.714. The molecule has 0 radical (unpaired) electrons. The first-order valence-electron chi connectivity index (χ1n) is 4.96. The number of nitrogens with zero attached hydrogens (tertiary/aromatic N) is 2. The highest BCUT2D eigenvalue weighted by Gasteiger charge is 2.27. The second-order valence-corrected chi connectivity index (χ2v) is 5.88. The molecule has 0 bridgehead atoms. The van der Waals surface area contributed by atoms with E-state index in [0.29, 0.717) is 5.13 Å². The van der Waals surface area contributed by atoms with Gasteiger partial charge in [-0.3, -0.25) is 4.90 Å². The van der Waals surface area contributed by atoms with Crippen molar-refractivity contribution in [3.05, 3.63) is 10.6 Å². The van der Waals surface area contributed by atoms with Crippen molar-refractivity contribution in [3.8, 4) is 0 Å². The van der Waals surface area contributed by atoms with E-state index in [9.17, 15) is 0 Å². The normalized spacial score (nSPS) is 18.2. The van der Waals surface area contributed by atoms with Gasteiger partial charge in [0.1, 0.15) is 0 Å². The molecule has 0 saturated heterocycles. The number of nitrogens with two attached hydrogens (primary N) is 1. The third kappa shape index (κ3) is 1.77. The number of hydrogen-bond acceptors (Lipinski definition) is 4. The van der Waals surface area contributed by atoms with Crippen LogP contribution in [-0.2, 0) is 13.0 Å². The minimum absolute atomic E-state index is 0.246. The number of fused-ring (bicyclic) bond motifs is 1. The molecule has 0 fully saturated rings. The zero-order chi connectivity index (χ0) is 10.3. The summed E-state index contributed by atoms with van der Waals surface area (Å²) in [5.41, 5.74) is 7.16. The highest BCUT2D eigenvalue weighted by Crippen LogP contribution is 2.29. The van der Waals surface area contributed by atoms with E-state index in [1.165, 1.54) is 10.6 Å². The molecule has 0 aromatic carbocycles. The molecular weight excluding hydrogens is 194 g/mol. The zero-order valence-corrected chi connectivity index (χ0v) is 9.82. The minimum atomic E-state index is 0.246. The maximum Gasteiger partial charge on any atom is 0.180 e. The van der Waals surface area contributed by atoms with Crippen LogP contribution < -0.4 is 5.73 Å². The van der Waals surface area contributed by atoms with Gasteiger partial charge in [-0.25, -0.2) is 4.98 Å². The van der Waals surface area contributed by atoms with Crippen LogP contribution in [0.15, 0.2) is 0 Å². The summed E-state index contributed by atoms with van der Waals surface area (Å²) in [5.74, 6) is 0. The summed E-state index contributed by atoms with van der Waals surface area (Å²) in [7, 11) is 0. The van der Waals surface area contributed by atoms with Gasteiger partial charge in [0.2, 0.25) is 0 Å². The molecule has 0 spiro atoms. The lowest BCUT2D eigenvalue weighted by molar-refractivity contribution is 0.122. The average Bonchev–Trinajstić information content (AvgIpc) is 2.41. The number of thiazole rings is 1. The Morgan fingerprint density at radius 2 is 2.14 bits per heavy atom. The molecule has 0 amide bonds. The van der Waals surface area contributed by atoms with E-state index >= 15 is 0 Å².